The first-order valence-electron chi connectivity index (χ1n) is 18.6. The van der Waals surface area contributed by atoms with Gasteiger partial charge in [0.25, 0.3) is 32.4 Å². The van der Waals surface area contributed by atoms with Gasteiger partial charge >= 0.3 is 12.4 Å². The zero-order valence-corrected chi connectivity index (χ0v) is 40.8. The van der Waals surface area contributed by atoms with E-state index in [1.807, 2.05) is 4.72 Å². The summed E-state index contributed by atoms with van der Waals surface area (Å²) in [4.78, 5) is 18.0. The minimum atomic E-state index is -4.86. The largest absolute Gasteiger partial charge is 0.417 e. The number of hydrogen-bond acceptors (Lipinski definition) is 16. The van der Waals surface area contributed by atoms with Gasteiger partial charge in [-0.15, -0.1) is 10.2 Å². The average Bonchev–Trinajstić information content (AvgIpc) is 3.76. The Morgan fingerprint density at radius 1 is 0.754 bits per heavy atom. The fraction of sp³-hybridized carbons (Fsp3) is 0.324. The summed E-state index contributed by atoms with van der Waals surface area (Å²) in [6.45, 7) is 2.73. The van der Waals surface area contributed by atoms with Crippen LogP contribution in [0.5, 0.6) is 0 Å². The average molecular weight is 1110 g/mol. The van der Waals surface area contributed by atoms with Crippen molar-refractivity contribution in [2.75, 3.05) is 44.0 Å². The number of nitrogen functional groups attached to an aromatic ring is 1. The smallest absolute Gasteiger partial charge is 0.395 e. The van der Waals surface area contributed by atoms with E-state index in [9.17, 15) is 53.1 Å². The number of sulfonamides is 2. The molecule has 0 fully saturated rings. The number of rotatable bonds is 14. The second-order valence-electron chi connectivity index (χ2n) is 13.3. The molecule has 0 saturated carbocycles. The van der Waals surface area contributed by atoms with Gasteiger partial charge in [-0.1, -0.05) is 46.4 Å². The number of ether oxygens (including phenoxy) is 3. The molecule has 9 N–H and O–H groups in total. The SMILES string of the molecule is COC(OC)OC.C[C@@H](CO)n1cnnc1-c1ncc(Cl)cc1NS(=O)(=O)c1ccc(Cl)c(C(F)(F)F)c1.C[C@H](N)CO.NNC(=O)c1ncc(Cl)cc1NS(=O)(=O)c1ccc(Cl)c(C(F)(F)F)c1. The summed E-state index contributed by atoms with van der Waals surface area (Å²) in [5, 5.41) is 23.8. The van der Waals surface area contributed by atoms with Crippen LogP contribution in [0.1, 0.15) is 41.5 Å². The molecule has 5 aromatic rings. The predicted octanol–water partition coefficient (Wildman–Crippen LogP) is 6.37. The van der Waals surface area contributed by atoms with Crippen LogP contribution >= 0.6 is 46.4 Å². The summed E-state index contributed by atoms with van der Waals surface area (Å²) in [7, 11) is -4.48. The van der Waals surface area contributed by atoms with E-state index in [0.29, 0.717) is 12.1 Å². The number of nitrogens with two attached hydrogens (primary N) is 2. The van der Waals surface area contributed by atoms with Crippen LogP contribution in [0.15, 0.2) is 77.0 Å². The van der Waals surface area contributed by atoms with Gasteiger partial charge in [-0.05, 0) is 62.4 Å². The number of nitrogens with one attached hydrogen (secondary N) is 3. The first-order valence-corrected chi connectivity index (χ1v) is 23.1. The van der Waals surface area contributed by atoms with Crippen LogP contribution in [0.2, 0.25) is 20.1 Å². The molecule has 0 aliphatic carbocycles. The Bertz CT molecular complexity index is 2720. The van der Waals surface area contributed by atoms with Crippen LogP contribution in [-0.2, 0) is 46.6 Å². The summed E-state index contributed by atoms with van der Waals surface area (Å²) < 4.78 is 148. The van der Waals surface area contributed by atoms with Crippen LogP contribution in [0.25, 0.3) is 11.5 Å². The Balaban J connectivity index is 0.000000386. The highest BCUT2D eigenvalue weighted by atomic mass is 35.5. The van der Waals surface area contributed by atoms with Gasteiger partial charge in [0, 0.05) is 39.8 Å². The quantitative estimate of drug-likeness (QED) is 0.0209. The minimum Gasteiger partial charge on any atom is -0.395 e. The van der Waals surface area contributed by atoms with Crippen molar-refractivity contribution in [2.24, 2.45) is 11.6 Å². The van der Waals surface area contributed by atoms with Gasteiger partial charge in [0.05, 0.1) is 71.6 Å². The number of methoxy groups -OCH3 is 3. The molecule has 3 heterocycles. The number of aromatic nitrogens is 5. The maximum Gasteiger partial charge on any atom is 0.417 e. The molecular formula is C37H42Cl4F6N10O10S2. The number of amides is 1. The monoisotopic (exact) mass is 1100 g/mol. The molecule has 3 aromatic heterocycles. The normalized spacial score (nSPS) is 12.6. The lowest BCUT2D eigenvalue weighted by molar-refractivity contribution is -0.252. The molecule has 0 spiro atoms. The number of aliphatic hydroxyl groups is 2. The summed E-state index contributed by atoms with van der Waals surface area (Å²) in [6.07, 6.45) is -6.08. The summed E-state index contributed by atoms with van der Waals surface area (Å²) in [6, 6.07) is 6.01. The van der Waals surface area contributed by atoms with E-state index in [1.165, 1.54) is 44.5 Å². The number of carbonyl (C=O) groups is 1. The molecule has 0 unspecified atom stereocenters. The Morgan fingerprint density at radius 3 is 1.58 bits per heavy atom. The van der Waals surface area contributed by atoms with Crippen LogP contribution < -0.4 is 26.4 Å². The Morgan fingerprint density at radius 2 is 1.19 bits per heavy atom. The minimum absolute atomic E-state index is 0.00998. The number of anilines is 2. The molecule has 2 aromatic carbocycles. The van der Waals surface area contributed by atoms with Crippen molar-refractivity contribution < 1.29 is 72.4 Å². The van der Waals surface area contributed by atoms with Crippen LogP contribution in [0.3, 0.4) is 0 Å². The van der Waals surface area contributed by atoms with Gasteiger partial charge in [0.2, 0.25) is 0 Å². The van der Waals surface area contributed by atoms with Crippen LogP contribution in [0, 0.1) is 0 Å². The standard InChI is InChI=1S/C17H14Cl2F3N5O3S.C13H9Cl2F3N4O3S.C4H10O3.C3H9NO/c1-9(7-28)27-8-24-25-16(27)15-14(4-10(18)6-23-15)26-31(29,30)11-2-3-13(19)12(5-11)17(20,21)22;14-6-3-10(11(20-5-6)12(23)21-19)22-26(24,25)7-1-2-9(15)8(4-7)13(16,17)18;1-5-4(6-2)7-3;1-3(4)2-5/h2-6,8-9,26,28H,7H2,1H3;1-5,22H,19H2,(H,21,23);4H,1-3H3;3,5H,2,4H2,1H3/t9-;;;3-/m0..0/s1. The number of aliphatic hydroxyl groups excluding tert-OH is 2. The summed E-state index contributed by atoms with van der Waals surface area (Å²) in [5.41, 5.74) is 3.25. The van der Waals surface area contributed by atoms with Gasteiger partial charge in [-0.25, -0.2) is 32.6 Å². The maximum absolute atomic E-state index is 13.1. The van der Waals surface area contributed by atoms with Gasteiger partial charge in [0.15, 0.2) is 11.5 Å². The molecule has 0 aliphatic heterocycles. The van der Waals surface area contributed by atoms with Crippen molar-refractivity contribution in [1.82, 2.24) is 30.2 Å². The number of hydrazine groups is 1. The molecule has 0 radical (unpaired) electrons. The zero-order valence-electron chi connectivity index (χ0n) is 36.1. The van der Waals surface area contributed by atoms with E-state index < -0.39 is 87.5 Å². The lowest BCUT2D eigenvalue weighted by atomic mass is 10.2. The highest BCUT2D eigenvalue weighted by molar-refractivity contribution is 7.93. The van der Waals surface area contributed by atoms with Crippen molar-refractivity contribution in [2.45, 2.75) is 54.6 Å². The highest BCUT2D eigenvalue weighted by Crippen LogP contribution is 2.38. The fourth-order valence-corrected chi connectivity index (χ4v) is 7.69. The van der Waals surface area contributed by atoms with E-state index in [-0.39, 0.29) is 52.2 Å². The third-order valence-corrected chi connectivity index (χ3v) is 11.8. The van der Waals surface area contributed by atoms with Crippen molar-refractivity contribution in [3.8, 4) is 11.5 Å². The summed E-state index contributed by atoms with van der Waals surface area (Å²) in [5.74, 6) is 4.16. The van der Waals surface area contributed by atoms with Crippen molar-refractivity contribution in [3.63, 3.8) is 0 Å². The van der Waals surface area contributed by atoms with Crippen LogP contribution in [-0.4, -0.2) is 105 Å². The third kappa shape index (κ3) is 17.9. The molecule has 69 heavy (non-hydrogen) atoms. The van der Waals surface area contributed by atoms with Gasteiger partial charge < -0.3 is 34.7 Å². The van der Waals surface area contributed by atoms with Gasteiger partial charge in [-0.2, -0.15) is 26.3 Å². The number of halogens is 10. The lowest BCUT2D eigenvalue weighted by Crippen LogP contribution is -2.31. The molecule has 0 aliphatic rings. The molecular weight excluding hydrogens is 1060 g/mol. The molecule has 1 amide bonds. The predicted molar refractivity (Wildman–Crippen MR) is 241 cm³/mol. The Kier molecular flexibility index (Phi) is 23.2. The van der Waals surface area contributed by atoms with Crippen molar-refractivity contribution in [1.29, 1.82) is 0 Å². The number of benzene rings is 2. The number of pyridine rings is 2. The van der Waals surface area contributed by atoms with E-state index in [1.54, 1.807) is 19.3 Å². The second-order valence-corrected chi connectivity index (χ2v) is 18.4. The Labute approximate surface area is 410 Å². The second kappa shape index (κ2) is 26.5. The number of nitrogens with zero attached hydrogens (tertiary/aromatic N) is 5. The molecule has 32 heteroatoms. The first-order chi connectivity index (χ1) is 32.0. The molecule has 5 rings (SSSR count). The van der Waals surface area contributed by atoms with E-state index in [4.69, 9.17) is 63.1 Å². The fourth-order valence-electron chi connectivity index (χ4n) is 4.76. The molecule has 0 saturated heterocycles. The number of alkyl halides is 6. The van der Waals surface area contributed by atoms with Gasteiger partial charge in [0.1, 0.15) is 12.0 Å². The van der Waals surface area contributed by atoms with E-state index in [0.717, 1.165) is 36.5 Å². The van der Waals surface area contributed by atoms with Gasteiger partial charge in [-0.3, -0.25) is 19.7 Å². The topological polar surface area (TPSA) is 298 Å². The summed E-state index contributed by atoms with van der Waals surface area (Å²) >= 11 is 22.7. The maximum atomic E-state index is 13.1. The third-order valence-electron chi connectivity index (χ3n) is 8.04. The van der Waals surface area contributed by atoms with E-state index in [2.05, 4.69) is 39.1 Å². The number of carbonyl (C=O) groups excluding carboxylic acids is 1. The van der Waals surface area contributed by atoms with Crippen LogP contribution in [0.4, 0.5) is 37.7 Å². The molecule has 20 nitrogen and oxygen atoms in total. The van der Waals surface area contributed by atoms with E-state index >= 15 is 0 Å². The highest BCUT2D eigenvalue weighted by Gasteiger charge is 2.36. The zero-order chi connectivity index (χ0) is 52.7. The molecule has 2 atom stereocenters. The first kappa shape index (κ1) is 60.4. The van der Waals surface area contributed by atoms with Crippen molar-refractivity contribution >= 4 is 83.7 Å². The van der Waals surface area contributed by atoms with Crippen molar-refractivity contribution in [3.05, 3.63) is 104 Å². The molecule has 0 bridgehead atoms. The Hall–Kier alpha value is -4.69. The number of hydrogen-bond donors (Lipinski definition) is 7. The lowest BCUT2D eigenvalue weighted by Gasteiger charge is -2.16. The molecule has 382 valence electrons.